The number of halogens is 4. The van der Waals surface area contributed by atoms with Gasteiger partial charge in [0.15, 0.2) is 5.82 Å². The molecule has 0 unspecified atom stereocenters. The second-order valence-corrected chi connectivity index (χ2v) is 9.80. The highest BCUT2D eigenvalue weighted by Crippen LogP contribution is 2.32. The Bertz CT molecular complexity index is 1410. The highest BCUT2D eigenvalue weighted by molar-refractivity contribution is 8.04. The third-order valence-corrected chi connectivity index (χ3v) is 6.73. The lowest BCUT2D eigenvalue weighted by molar-refractivity contribution is -0.131. The van der Waals surface area contributed by atoms with Crippen LogP contribution in [0.4, 0.5) is 0 Å². The zero-order valence-corrected chi connectivity index (χ0v) is 21.5. The Labute approximate surface area is 224 Å². The number of aliphatic carboxylic acids is 1. The number of carboxylic acid groups (broad SMARTS) is 1. The van der Waals surface area contributed by atoms with Gasteiger partial charge in [-0.3, -0.25) is 5.10 Å². The Morgan fingerprint density at radius 1 is 0.971 bits per heavy atom. The van der Waals surface area contributed by atoms with Crippen LogP contribution in [0.2, 0.25) is 20.1 Å². The minimum absolute atomic E-state index is 0.0201. The first-order valence-corrected chi connectivity index (χ1v) is 12.3. The molecule has 6 nitrogen and oxygen atoms in total. The number of aromatic nitrogens is 3. The zero-order valence-electron chi connectivity index (χ0n) is 17.6. The molecule has 178 valence electrons. The van der Waals surface area contributed by atoms with E-state index >= 15 is 0 Å². The number of hydrogen-bond donors (Lipinski definition) is 2. The van der Waals surface area contributed by atoms with Crippen LogP contribution < -0.4 is 4.74 Å². The van der Waals surface area contributed by atoms with E-state index in [4.69, 9.17) is 51.1 Å². The van der Waals surface area contributed by atoms with Crippen molar-refractivity contribution in [2.24, 2.45) is 0 Å². The zero-order chi connectivity index (χ0) is 24.9. The lowest BCUT2D eigenvalue weighted by Gasteiger charge is -2.11. The predicted molar refractivity (Wildman–Crippen MR) is 141 cm³/mol. The molecule has 0 bridgehead atoms. The summed E-state index contributed by atoms with van der Waals surface area (Å²) in [7, 11) is 0. The third-order valence-electron chi connectivity index (χ3n) is 4.63. The van der Waals surface area contributed by atoms with Crippen molar-refractivity contribution < 1.29 is 14.6 Å². The van der Waals surface area contributed by atoms with Crippen molar-refractivity contribution in [2.45, 2.75) is 11.8 Å². The average molecular weight is 567 g/mol. The molecule has 2 N–H and O–H groups in total. The van der Waals surface area contributed by atoms with Gasteiger partial charge in [-0.15, -0.1) is 5.10 Å². The summed E-state index contributed by atoms with van der Waals surface area (Å²) in [6.45, 7) is 0.195. The maximum Gasteiger partial charge on any atom is 0.342 e. The van der Waals surface area contributed by atoms with Gasteiger partial charge in [0.05, 0.1) is 10.0 Å². The van der Waals surface area contributed by atoms with Crippen molar-refractivity contribution in [1.82, 2.24) is 15.2 Å². The number of carboxylic acids is 1. The number of nitrogens with one attached hydrogen (secondary N) is 1. The third kappa shape index (κ3) is 6.72. The Morgan fingerprint density at radius 3 is 2.43 bits per heavy atom. The van der Waals surface area contributed by atoms with Gasteiger partial charge < -0.3 is 9.84 Å². The summed E-state index contributed by atoms with van der Waals surface area (Å²) in [5.41, 5.74) is 2.05. The van der Waals surface area contributed by atoms with Crippen LogP contribution in [0.3, 0.4) is 0 Å². The average Bonchev–Trinajstić information content (AvgIpc) is 3.29. The largest absolute Gasteiger partial charge is 0.488 e. The van der Waals surface area contributed by atoms with Crippen molar-refractivity contribution >= 4 is 70.2 Å². The maximum atomic E-state index is 12.0. The maximum absolute atomic E-state index is 12.0. The number of aromatic amines is 1. The van der Waals surface area contributed by atoms with Crippen molar-refractivity contribution in [3.63, 3.8) is 0 Å². The van der Waals surface area contributed by atoms with Gasteiger partial charge in [0.2, 0.25) is 5.16 Å². The Kier molecular flexibility index (Phi) is 8.26. The van der Waals surface area contributed by atoms with Gasteiger partial charge in [0.1, 0.15) is 17.3 Å². The molecule has 11 heteroatoms. The van der Waals surface area contributed by atoms with Crippen LogP contribution in [0.5, 0.6) is 5.75 Å². The van der Waals surface area contributed by atoms with E-state index in [0.717, 1.165) is 22.9 Å². The minimum Gasteiger partial charge on any atom is -0.488 e. The Hall–Kier alpha value is -2.68. The van der Waals surface area contributed by atoms with Crippen LogP contribution in [0.25, 0.3) is 17.5 Å². The Morgan fingerprint density at radius 2 is 1.71 bits per heavy atom. The van der Waals surface area contributed by atoms with Gasteiger partial charge in [-0.1, -0.05) is 52.5 Å². The number of rotatable bonds is 8. The molecule has 4 rings (SSSR count). The summed E-state index contributed by atoms with van der Waals surface area (Å²) in [6.07, 6.45) is 1.46. The first-order valence-electron chi connectivity index (χ1n) is 9.96. The van der Waals surface area contributed by atoms with Gasteiger partial charge >= 0.3 is 5.97 Å². The number of H-pyrrole nitrogens is 1. The first-order chi connectivity index (χ1) is 16.8. The monoisotopic (exact) mass is 565 g/mol. The molecule has 0 aliphatic heterocycles. The number of benzene rings is 3. The quantitative estimate of drug-likeness (QED) is 0.166. The summed E-state index contributed by atoms with van der Waals surface area (Å²) < 4.78 is 5.92. The van der Waals surface area contributed by atoms with E-state index in [9.17, 15) is 9.90 Å². The van der Waals surface area contributed by atoms with Gasteiger partial charge in [0, 0.05) is 21.2 Å². The normalized spacial score (nSPS) is 11.5. The number of thioether (sulfide) groups is 1. The second kappa shape index (κ2) is 11.4. The van der Waals surface area contributed by atoms with Crippen molar-refractivity contribution in [1.29, 1.82) is 0 Å². The van der Waals surface area contributed by atoms with Gasteiger partial charge in [-0.25, -0.2) is 9.78 Å². The van der Waals surface area contributed by atoms with Crippen LogP contribution in [0.15, 0.2) is 70.7 Å². The van der Waals surface area contributed by atoms with E-state index in [1.54, 1.807) is 60.7 Å². The fourth-order valence-corrected chi connectivity index (χ4v) is 4.28. The predicted octanol–water partition coefficient (Wildman–Crippen LogP) is 7.88. The van der Waals surface area contributed by atoms with Crippen molar-refractivity contribution in [3.8, 4) is 17.1 Å². The van der Waals surface area contributed by atoms with Crippen molar-refractivity contribution in [3.05, 3.63) is 96.8 Å². The summed E-state index contributed by atoms with van der Waals surface area (Å²) in [5, 5.41) is 18.9. The fraction of sp³-hybridized carbons (Fsp3) is 0.0417. The van der Waals surface area contributed by atoms with E-state index in [2.05, 4.69) is 15.2 Å². The van der Waals surface area contributed by atoms with Crippen LogP contribution in [0.1, 0.15) is 11.1 Å². The highest BCUT2D eigenvalue weighted by atomic mass is 35.5. The van der Waals surface area contributed by atoms with Gasteiger partial charge in [0.25, 0.3) is 0 Å². The molecule has 0 fully saturated rings. The molecule has 1 aromatic heterocycles. The fourth-order valence-electron chi connectivity index (χ4n) is 2.96. The molecule has 0 saturated heterocycles. The second-order valence-electron chi connectivity index (χ2n) is 7.11. The lowest BCUT2D eigenvalue weighted by atomic mass is 10.2. The van der Waals surface area contributed by atoms with Crippen LogP contribution in [-0.2, 0) is 11.4 Å². The van der Waals surface area contributed by atoms with Gasteiger partial charge in [-0.2, -0.15) is 0 Å². The molecule has 0 radical (unpaired) electrons. The van der Waals surface area contributed by atoms with E-state index in [1.807, 2.05) is 0 Å². The molecule has 0 amide bonds. The first kappa shape index (κ1) is 25.4. The molecule has 0 spiro atoms. The molecule has 0 aliphatic carbocycles. The van der Waals surface area contributed by atoms with Crippen LogP contribution in [0, 0.1) is 0 Å². The molecule has 0 aliphatic rings. The number of carbonyl (C=O) groups is 1. The van der Waals surface area contributed by atoms with Crippen LogP contribution >= 0.6 is 58.2 Å². The summed E-state index contributed by atoms with van der Waals surface area (Å²) in [5.74, 6) is -0.220. The van der Waals surface area contributed by atoms with E-state index < -0.39 is 5.97 Å². The molecule has 35 heavy (non-hydrogen) atoms. The SMILES string of the molecule is O=C(O)/C(=C/c1cc(Cl)ccc1OCc1ccc(Cl)c(Cl)c1)Sc1n[nH]c(-c2ccc(Cl)cc2)n1. The molecule has 0 atom stereocenters. The summed E-state index contributed by atoms with van der Waals surface area (Å²) in [4.78, 5) is 16.4. The summed E-state index contributed by atoms with van der Waals surface area (Å²) >= 11 is 25.0. The molecule has 0 saturated carbocycles. The van der Waals surface area contributed by atoms with E-state index in [0.29, 0.717) is 37.2 Å². The Balaban J connectivity index is 1.57. The minimum atomic E-state index is -1.15. The molecular weight excluding hydrogens is 552 g/mol. The number of nitrogens with zero attached hydrogens (tertiary/aromatic N) is 2. The van der Waals surface area contributed by atoms with Crippen LogP contribution in [-0.4, -0.2) is 26.3 Å². The molecule has 1 heterocycles. The van der Waals surface area contributed by atoms with E-state index in [1.165, 1.54) is 6.08 Å². The topological polar surface area (TPSA) is 88.1 Å². The number of ether oxygens (including phenoxy) is 1. The standard InChI is InChI=1S/C24H15Cl4N3O3S/c25-16-4-2-14(3-5-16)22-29-24(31-30-22)35-21(23(32)33)11-15-10-17(26)6-8-20(15)34-12-13-1-7-18(27)19(28)9-13/h1-11H,12H2,(H,32,33)(H,29,30,31)/b21-11-. The highest BCUT2D eigenvalue weighted by Gasteiger charge is 2.16. The number of hydrogen-bond acceptors (Lipinski definition) is 5. The van der Waals surface area contributed by atoms with Gasteiger partial charge in [-0.05, 0) is 78.0 Å². The molecule has 4 aromatic rings. The van der Waals surface area contributed by atoms with Crippen molar-refractivity contribution in [2.75, 3.05) is 0 Å². The lowest BCUT2D eigenvalue weighted by Crippen LogP contribution is -2.00. The summed E-state index contributed by atoms with van der Waals surface area (Å²) in [6, 6.07) is 17.1. The van der Waals surface area contributed by atoms with E-state index in [-0.39, 0.29) is 16.7 Å². The smallest absolute Gasteiger partial charge is 0.342 e. The molecule has 3 aromatic carbocycles. The molecular formula is C24H15Cl4N3O3S.